The van der Waals surface area contributed by atoms with Gasteiger partial charge in [-0.15, -0.1) is 36.6 Å². The largest absolute Gasteiger partial charge is 0.493 e. The summed E-state index contributed by atoms with van der Waals surface area (Å²) in [5.41, 5.74) is 2.55. The van der Waals surface area contributed by atoms with Gasteiger partial charge in [-0.2, -0.15) is 0 Å². The van der Waals surface area contributed by atoms with Crippen molar-refractivity contribution >= 4 is 54.0 Å². The summed E-state index contributed by atoms with van der Waals surface area (Å²) in [7, 11) is 3.07. The van der Waals surface area contributed by atoms with Crippen molar-refractivity contribution in [2.24, 2.45) is 0 Å². The van der Waals surface area contributed by atoms with Crippen molar-refractivity contribution in [1.29, 1.82) is 0 Å². The van der Waals surface area contributed by atoms with Crippen molar-refractivity contribution in [2.75, 3.05) is 25.3 Å². The molecule has 180 valence electrons. The number of amides is 1. The minimum atomic E-state index is -0.338. The summed E-state index contributed by atoms with van der Waals surface area (Å²) in [6.45, 7) is 0. The Bertz CT molecular complexity index is 1130. The normalized spacial score (nSPS) is 16.5. The van der Waals surface area contributed by atoms with Gasteiger partial charge < -0.3 is 14.8 Å². The van der Waals surface area contributed by atoms with Crippen LogP contribution in [-0.2, 0) is 4.79 Å². The van der Waals surface area contributed by atoms with E-state index < -0.39 is 0 Å². The SMILES string of the molecule is COc1ccc(C(=O)c2cccc(NC(=O)C3CSC(c4cccnc4)N3)c2)cc1OC.Cl.Cl. The van der Waals surface area contributed by atoms with Crippen molar-refractivity contribution < 1.29 is 19.1 Å². The molecule has 2 unspecified atom stereocenters. The summed E-state index contributed by atoms with van der Waals surface area (Å²) in [4.78, 5) is 29.9. The number of halogens is 2. The molecule has 1 saturated heterocycles. The smallest absolute Gasteiger partial charge is 0.242 e. The van der Waals surface area contributed by atoms with Crippen molar-refractivity contribution in [2.45, 2.75) is 11.4 Å². The van der Waals surface area contributed by atoms with Crippen molar-refractivity contribution in [3.8, 4) is 11.5 Å². The number of hydrogen-bond donors (Lipinski definition) is 2. The fourth-order valence-electron chi connectivity index (χ4n) is 3.46. The average molecular weight is 522 g/mol. The summed E-state index contributed by atoms with van der Waals surface area (Å²) in [5, 5.41) is 6.27. The maximum atomic E-state index is 13.0. The lowest BCUT2D eigenvalue weighted by molar-refractivity contribution is -0.117. The predicted octanol–water partition coefficient (Wildman–Crippen LogP) is 4.52. The number of nitrogens with zero attached hydrogens (tertiary/aromatic N) is 1. The van der Waals surface area contributed by atoms with Crippen LogP contribution in [0.15, 0.2) is 67.0 Å². The fraction of sp³-hybridized carbons (Fsp3) is 0.208. The monoisotopic (exact) mass is 521 g/mol. The van der Waals surface area contributed by atoms with Crippen molar-refractivity contribution in [1.82, 2.24) is 10.3 Å². The van der Waals surface area contributed by atoms with Crippen LogP contribution in [0.25, 0.3) is 0 Å². The van der Waals surface area contributed by atoms with Gasteiger partial charge in [-0.25, -0.2) is 0 Å². The third-order valence-electron chi connectivity index (χ3n) is 5.12. The number of methoxy groups -OCH3 is 2. The second-order valence-electron chi connectivity index (χ2n) is 7.19. The van der Waals surface area contributed by atoms with E-state index in [9.17, 15) is 9.59 Å². The van der Waals surface area contributed by atoms with Crippen molar-refractivity contribution in [3.63, 3.8) is 0 Å². The van der Waals surface area contributed by atoms with Crippen molar-refractivity contribution in [3.05, 3.63) is 83.7 Å². The number of ether oxygens (including phenoxy) is 2. The number of hydrogen-bond acceptors (Lipinski definition) is 7. The first-order chi connectivity index (χ1) is 15.6. The van der Waals surface area contributed by atoms with Gasteiger partial charge in [0.15, 0.2) is 17.3 Å². The lowest BCUT2D eigenvalue weighted by atomic mass is 10.0. The second kappa shape index (κ2) is 12.6. The summed E-state index contributed by atoms with van der Waals surface area (Å²) in [5.74, 6) is 1.37. The van der Waals surface area contributed by atoms with E-state index >= 15 is 0 Å². The lowest BCUT2D eigenvalue weighted by Crippen LogP contribution is -2.38. The molecule has 0 aliphatic carbocycles. The van der Waals surface area contributed by atoms with E-state index in [4.69, 9.17) is 9.47 Å². The van der Waals surface area contributed by atoms with Crippen LogP contribution in [0, 0.1) is 0 Å². The number of ketones is 1. The van der Waals surface area contributed by atoms with E-state index in [0.29, 0.717) is 34.1 Å². The lowest BCUT2D eigenvalue weighted by Gasteiger charge is -2.14. The van der Waals surface area contributed by atoms with E-state index in [2.05, 4.69) is 15.6 Å². The van der Waals surface area contributed by atoms with E-state index in [1.807, 2.05) is 12.1 Å². The quantitative estimate of drug-likeness (QED) is 0.442. The maximum Gasteiger partial charge on any atom is 0.242 e. The molecule has 2 aromatic carbocycles. The molecule has 7 nitrogen and oxygen atoms in total. The van der Waals surface area contributed by atoms with E-state index in [0.717, 1.165) is 5.56 Å². The maximum absolute atomic E-state index is 13.0. The first-order valence-corrected chi connectivity index (χ1v) is 11.1. The number of anilines is 1. The van der Waals surface area contributed by atoms with Crippen LogP contribution in [0.4, 0.5) is 5.69 Å². The molecule has 0 bridgehead atoms. The molecule has 1 amide bonds. The standard InChI is InChI=1S/C24H23N3O4S.2ClH/c1-30-20-9-8-16(12-21(20)31-2)22(28)15-5-3-7-18(11-15)26-23(29)19-14-32-24(27-19)17-6-4-10-25-13-17;;/h3-13,19,24,27H,14H2,1-2H3,(H,26,29);2*1H. The minimum absolute atomic E-state index is 0. The number of carbonyl (C=O) groups excluding carboxylic acids is 2. The van der Waals surface area contributed by atoms with Crippen LogP contribution in [0.3, 0.4) is 0 Å². The van der Waals surface area contributed by atoms with Crippen LogP contribution >= 0.6 is 36.6 Å². The van der Waals surface area contributed by atoms with Gasteiger partial charge in [-0.05, 0) is 42.0 Å². The first-order valence-electron chi connectivity index (χ1n) is 10.0. The van der Waals surface area contributed by atoms with Gasteiger partial charge >= 0.3 is 0 Å². The van der Waals surface area contributed by atoms with E-state index in [1.165, 1.54) is 7.11 Å². The Morgan fingerprint density at radius 2 is 1.76 bits per heavy atom. The highest BCUT2D eigenvalue weighted by atomic mass is 35.5. The Morgan fingerprint density at radius 3 is 2.47 bits per heavy atom. The number of benzene rings is 2. The molecular weight excluding hydrogens is 497 g/mol. The Labute approximate surface area is 214 Å². The molecule has 1 aromatic heterocycles. The summed E-state index contributed by atoms with van der Waals surface area (Å²) >= 11 is 1.67. The van der Waals surface area contributed by atoms with Crippen LogP contribution in [-0.4, -0.2) is 42.7 Å². The molecule has 0 saturated carbocycles. The van der Waals surface area contributed by atoms with Gasteiger partial charge in [0.1, 0.15) is 0 Å². The molecule has 1 aliphatic heterocycles. The molecule has 34 heavy (non-hydrogen) atoms. The summed E-state index contributed by atoms with van der Waals surface area (Å²) < 4.78 is 10.5. The highest BCUT2D eigenvalue weighted by Crippen LogP contribution is 2.33. The number of aromatic nitrogens is 1. The van der Waals surface area contributed by atoms with Gasteiger partial charge in [-0.1, -0.05) is 18.2 Å². The zero-order chi connectivity index (χ0) is 22.5. The second-order valence-corrected chi connectivity index (χ2v) is 8.33. The molecule has 1 fully saturated rings. The number of rotatable bonds is 7. The molecule has 2 N–H and O–H groups in total. The van der Waals surface area contributed by atoms with Gasteiger partial charge in [0.2, 0.25) is 5.91 Å². The molecule has 2 heterocycles. The molecule has 1 aliphatic rings. The first kappa shape index (κ1) is 27.5. The highest BCUT2D eigenvalue weighted by Gasteiger charge is 2.30. The van der Waals surface area contributed by atoms with Gasteiger partial charge in [-0.3, -0.25) is 19.9 Å². The van der Waals surface area contributed by atoms with Gasteiger partial charge in [0, 0.05) is 35.0 Å². The predicted molar refractivity (Wildman–Crippen MR) is 139 cm³/mol. The van der Waals surface area contributed by atoms with E-state index in [-0.39, 0.29) is 47.9 Å². The van der Waals surface area contributed by atoms with Crippen LogP contribution in [0.2, 0.25) is 0 Å². The summed E-state index contributed by atoms with van der Waals surface area (Å²) in [6, 6.07) is 15.5. The molecule has 3 aromatic rings. The van der Waals surface area contributed by atoms with Gasteiger partial charge in [0.05, 0.1) is 25.6 Å². The molecular formula is C24H25Cl2N3O4S. The van der Waals surface area contributed by atoms with Crippen LogP contribution < -0.4 is 20.1 Å². The highest BCUT2D eigenvalue weighted by molar-refractivity contribution is 7.99. The third-order valence-corrected chi connectivity index (χ3v) is 6.39. The number of nitrogens with one attached hydrogen (secondary N) is 2. The Morgan fingerprint density at radius 1 is 1.00 bits per heavy atom. The molecule has 4 rings (SSSR count). The van der Waals surface area contributed by atoms with E-state index in [1.54, 1.807) is 73.7 Å². The topological polar surface area (TPSA) is 89.5 Å². The number of pyridine rings is 1. The number of thioether (sulfide) groups is 1. The molecule has 0 radical (unpaired) electrons. The van der Waals surface area contributed by atoms with Crippen LogP contribution in [0.1, 0.15) is 26.9 Å². The van der Waals surface area contributed by atoms with Gasteiger partial charge in [0.25, 0.3) is 0 Å². The Hall–Kier alpha value is -2.78. The average Bonchev–Trinajstić information content (AvgIpc) is 3.34. The van der Waals surface area contributed by atoms with Crippen LogP contribution in [0.5, 0.6) is 11.5 Å². The molecule has 10 heteroatoms. The Balaban J connectivity index is 0.00000204. The molecule has 2 atom stereocenters. The summed E-state index contributed by atoms with van der Waals surface area (Å²) in [6.07, 6.45) is 3.53. The zero-order valence-corrected chi connectivity index (χ0v) is 21.0. The molecule has 0 spiro atoms. The third kappa shape index (κ3) is 6.21. The Kier molecular flexibility index (Phi) is 10.2. The number of carbonyl (C=O) groups is 2. The fourth-order valence-corrected chi connectivity index (χ4v) is 4.68. The minimum Gasteiger partial charge on any atom is -0.493 e. The zero-order valence-electron chi connectivity index (χ0n) is 18.5.